The molecule has 26 heavy (non-hydrogen) atoms. The van der Waals surface area contributed by atoms with Crippen molar-refractivity contribution in [2.45, 2.75) is 0 Å². The Balaban J connectivity index is 1.75. The second-order valence-corrected chi connectivity index (χ2v) is 6.19. The number of furan rings is 2. The van der Waals surface area contributed by atoms with Crippen molar-refractivity contribution in [3.8, 4) is 5.75 Å². The third-order valence-corrected chi connectivity index (χ3v) is 4.53. The molecule has 0 aliphatic carbocycles. The zero-order valence-electron chi connectivity index (χ0n) is 13.7. The van der Waals surface area contributed by atoms with Crippen LogP contribution in [0.1, 0.15) is 16.3 Å². The van der Waals surface area contributed by atoms with Crippen molar-refractivity contribution in [3.05, 3.63) is 66.5 Å². The molecule has 0 saturated carbocycles. The molecule has 1 amide bonds. The molecule has 0 saturated heterocycles. The highest BCUT2D eigenvalue weighted by molar-refractivity contribution is 7.22. The summed E-state index contributed by atoms with van der Waals surface area (Å²) in [5.74, 6) is 0.975. The first-order valence-corrected chi connectivity index (χ1v) is 8.46. The minimum absolute atomic E-state index is 0.165. The Labute approximate surface area is 152 Å². The number of carbonyl (C=O) groups is 1. The lowest BCUT2D eigenvalue weighted by molar-refractivity contribution is 0.0961. The summed E-state index contributed by atoms with van der Waals surface area (Å²) in [6.45, 7) is 0. The van der Waals surface area contributed by atoms with Gasteiger partial charge in [-0.2, -0.15) is 10.1 Å². The zero-order chi connectivity index (χ0) is 17.9. The molecule has 3 heterocycles. The molecular weight excluding hydrogens is 354 g/mol. The number of hydrogen-bond acceptors (Lipinski definition) is 7. The Hall–Kier alpha value is -3.39. The van der Waals surface area contributed by atoms with Gasteiger partial charge in [-0.3, -0.25) is 4.79 Å². The number of methoxy groups -OCH3 is 1. The smallest absolute Gasteiger partial charge is 0.316 e. The third kappa shape index (κ3) is 3.09. The monoisotopic (exact) mass is 367 g/mol. The number of nitrogens with zero attached hydrogens (tertiary/aromatic N) is 3. The van der Waals surface area contributed by atoms with Crippen molar-refractivity contribution in [2.75, 3.05) is 12.1 Å². The first-order chi connectivity index (χ1) is 12.7. The van der Waals surface area contributed by atoms with Gasteiger partial charge in [0.2, 0.25) is 5.13 Å². The van der Waals surface area contributed by atoms with E-state index in [1.807, 2.05) is 18.2 Å². The van der Waals surface area contributed by atoms with Crippen molar-refractivity contribution in [1.82, 2.24) is 4.98 Å². The summed E-state index contributed by atoms with van der Waals surface area (Å²) >= 11 is 1.33. The van der Waals surface area contributed by atoms with E-state index in [9.17, 15) is 4.79 Å². The number of hydrogen-bond donors (Lipinski definition) is 0. The number of hydrazone groups is 1. The predicted molar refractivity (Wildman–Crippen MR) is 98.0 cm³/mol. The minimum atomic E-state index is -0.427. The van der Waals surface area contributed by atoms with Crippen LogP contribution in [0.3, 0.4) is 0 Å². The summed E-state index contributed by atoms with van der Waals surface area (Å²) in [6, 6.07) is 12.2. The van der Waals surface area contributed by atoms with E-state index in [4.69, 9.17) is 13.6 Å². The van der Waals surface area contributed by atoms with E-state index in [0.29, 0.717) is 10.9 Å². The molecule has 130 valence electrons. The van der Waals surface area contributed by atoms with E-state index in [1.165, 1.54) is 35.1 Å². The fourth-order valence-corrected chi connectivity index (χ4v) is 3.23. The summed E-state index contributed by atoms with van der Waals surface area (Å²) in [5.41, 5.74) is 0.747. The summed E-state index contributed by atoms with van der Waals surface area (Å²) in [5, 5.41) is 5.86. The Kier molecular flexibility index (Phi) is 4.24. The van der Waals surface area contributed by atoms with Crippen LogP contribution in [0.15, 0.2) is 68.9 Å². The maximum absolute atomic E-state index is 12.8. The Morgan fingerprint density at radius 3 is 2.81 bits per heavy atom. The molecule has 0 fully saturated rings. The van der Waals surface area contributed by atoms with Gasteiger partial charge in [0.1, 0.15) is 11.5 Å². The summed E-state index contributed by atoms with van der Waals surface area (Å²) in [4.78, 5) is 17.3. The van der Waals surface area contributed by atoms with E-state index in [-0.39, 0.29) is 5.76 Å². The van der Waals surface area contributed by atoms with Gasteiger partial charge in [-0.05, 0) is 42.5 Å². The Morgan fingerprint density at radius 1 is 1.23 bits per heavy atom. The molecular formula is C18H13N3O4S. The number of fused-ring (bicyclic) bond motifs is 1. The van der Waals surface area contributed by atoms with Crippen molar-refractivity contribution >= 4 is 38.8 Å². The molecule has 8 heteroatoms. The Bertz CT molecular complexity index is 1050. The maximum atomic E-state index is 12.8. The van der Waals surface area contributed by atoms with Gasteiger partial charge in [0.05, 0.1) is 36.1 Å². The highest BCUT2D eigenvalue weighted by Gasteiger charge is 2.23. The fraction of sp³-hybridized carbons (Fsp3) is 0.0556. The molecule has 0 unspecified atom stereocenters. The standard InChI is InChI=1S/C18H13N3O4S/c1-23-12-6-7-14-16(10-12)26-18(20-14)21(17(22)15-5-3-9-25-15)19-11-13-4-2-8-24-13/h2-11H,1H3/b19-11-. The fourth-order valence-electron chi connectivity index (χ4n) is 2.28. The first kappa shape index (κ1) is 16.1. The molecule has 4 aromatic rings. The van der Waals surface area contributed by atoms with Gasteiger partial charge in [0, 0.05) is 0 Å². The molecule has 0 atom stereocenters. The lowest BCUT2D eigenvalue weighted by Crippen LogP contribution is -2.25. The molecule has 0 bridgehead atoms. The predicted octanol–water partition coefficient (Wildman–Crippen LogP) is 4.17. The molecule has 7 nitrogen and oxygen atoms in total. The highest BCUT2D eigenvalue weighted by Crippen LogP contribution is 2.32. The average Bonchev–Trinajstić information content (AvgIpc) is 3.41. The number of ether oxygens (including phenoxy) is 1. The normalized spacial score (nSPS) is 11.3. The summed E-state index contributed by atoms with van der Waals surface area (Å²) < 4.78 is 16.6. The number of amides is 1. The van der Waals surface area contributed by atoms with Crippen molar-refractivity contribution in [3.63, 3.8) is 0 Å². The van der Waals surface area contributed by atoms with Crippen molar-refractivity contribution in [1.29, 1.82) is 0 Å². The third-order valence-electron chi connectivity index (χ3n) is 3.53. The van der Waals surface area contributed by atoms with Crippen LogP contribution in [0.2, 0.25) is 0 Å². The lowest BCUT2D eigenvalue weighted by Gasteiger charge is -2.11. The number of anilines is 1. The number of aromatic nitrogens is 1. The van der Waals surface area contributed by atoms with E-state index in [0.717, 1.165) is 16.0 Å². The second kappa shape index (κ2) is 6.85. The van der Waals surface area contributed by atoms with Crippen LogP contribution in [0, 0.1) is 0 Å². The number of benzene rings is 1. The van der Waals surface area contributed by atoms with Gasteiger partial charge in [0.15, 0.2) is 5.76 Å². The van der Waals surface area contributed by atoms with Crippen LogP contribution in [-0.2, 0) is 0 Å². The topological polar surface area (TPSA) is 81.1 Å². The SMILES string of the molecule is COc1ccc2nc(N(/N=C\c3ccco3)C(=O)c3ccco3)sc2c1. The van der Waals surface area contributed by atoms with Crippen molar-refractivity contribution in [2.24, 2.45) is 5.10 Å². The molecule has 0 aliphatic rings. The maximum Gasteiger partial charge on any atom is 0.316 e. The number of carbonyl (C=O) groups excluding carboxylic acids is 1. The largest absolute Gasteiger partial charge is 0.497 e. The van der Waals surface area contributed by atoms with Crippen LogP contribution in [0.4, 0.5) is 5.13 Å². The number of rotatable bonds is 5. The van der Waals surface area contributed by atoms with Gasteiger partial charge in [0.25, 0.3) is 0 Å². The average molecular weight is 367 g/mol. The minimum Gasteiger partial charge on any atom is -0.497 e. The summed E-state index contributed by atoms with van der Waals surface area (Å²) in [7, 11) is 1.60. The molecule has 0 radical (unpaired) electrons. The van der Waals surface area contributed by atoms with E-state index < -0.39 is 5.91 Å². The van der Waals surface area contributed by atoms with Crippen LogP contribution < -0.4 is 9.75 Å². The molecule has 0 spiro atoms. The van der Waals surface area contributed by atoms with Crippen LogP contribution in [0.25, 0.3) is 10.2 Å². The van der Waals surface area contributed by atoms with Crippen LogP contribution >= 0.6 is 11.3 Å². The van der Waals surface area contributed by atoms with E-state index >= 15 is 0 Å². The van der Waals surface area contributed by atoms with Gasteiger partial charge in [-0.15, -0.1) is 0 Å². The number of thiazole rings is 1. The molecule has 3 aromatic heterocycles. The highest BCUT2D eigenvalue weighted by atomic mass is 32.1. The zero-order valence-corrected chi connectivity index (χ0v) is 14.5. The quantitative estimate of drug-likeness (QED) is 0.391. The Morgan fingerprint density at radius 2 is 2.08 bits per heavy atom. The van der Waals surface area contributed by atoms with Gasteiger partial charge in [-0.25, -0.2) is 4.98 Å². The lowest BCUT2D eigenvalue weighted by atomic mass is 10.3. The van der Waals surface area contributed by atoms with Crippen LogP contribution in [-0.4, -0.2) is 24.2 Å². The van der Waals surface area contributed by atoms with Gasteiger partial charge < -0.3 is 13.6 Å². The van der Waals surface area contributed by atoms with Crippen LogP contribution in [0.5, 0.6) is 5.75 Å². The molecule has 4 rings (SSSR count). The molecule has 1 aromatic carbocycles. The van der Waals surface area contributed by atoms with E-state index in [2.05, 4.69) is 10.1 Å². The second-order valence-electron chi connectivity index (χ2n) is 5.18. The van der Waals surface area contributed by atoms with Gasteiger partial charge in [-0.1, -0.05) is 11.3 Å². The summed E-state index contributed by atoms with van der Waals surface area (Å²) in [6.07, 6.45) is 4.42. The first-order valence-electron chi connectivity index (χ1n) is 7.64. The van der Waals surface area contributed by atoms with Crippen molar-refractivity contribution < 1.29 is 18.4 Å². The molecule has 0 aliphatic heterocycles. The van der Waals surface area contributed by atoms with Gasteiger partial charge >= 0.3 is 5.91 Å². The molecule has 0 N–H and O–H groups in total. The van der Waals surface area contributed by atoms with E-state index in [1.54, 1.807) is 31.4 Å².